The maximum absolute atomic E-state index is 9.79. The van der Waals surface area contributed by atoms with Gasteiger partial charge in [0.25, 0.3) is 0 Å². The van der Waals surface area contributed by atoms with Gasteiger partial charge in [-0.1, -0.05) is 6.07 Å². The maximum Gasteiger partial charge on any atom is 0.123 e. The van der Waals surface area contributed by atoms with Gasteiger partial charge in [-0.05, 0) is 27.1 Å². The fraction of sp³-hybridized carbons (Fsp3) is 0.538. The smallest absolute Gasteiger partial charge is 0.123 e. The molecule has 0 saturated heterocycles. The van der Waals surface area contributed by atoms with Gasteiger partial charge in [0.15, 0.2) is 0 Å². The van der Waals surface area contributed by atoms with Gasteiger partial charge in [0.1, 0.15) is 11.5 Å². The van der Waals surface area contributed by atoms with Crippen LogP contribution in [0.4, 0.5) is 0 Å². The molecule has 17 heavy (non-hydrogen) atoms. The van der Waals surface area contributed by atoms with E-state index >= 15 is 0 Å². The molecule has 0 fully saturated rings. The maximum atomic E-state index is 9.79. The van der Waals surface area contributed by atoms with Gasteiger partial charge in [0.05, 0.1) is 7.11 Å². The zero-order chi connectivity index (χ0) is 12.8. The van der Waals surface area contributed by atoms with Gasteiger partial charge in [-0.3, -0.25) is 0 Å². The molecule has 96 valence electrons. The first-order valence-electron chi connectivity index (χ1n) is 5.77. The second-order valence-corrected chi connectivity index (χ2v) is 4.54. The van der Waals surface area contributed by atoms with Crippen molar-refractivity contribution in [1.29, 1.82) is 0 Å². The number of phenolic OH excluding ortho intramolecular Hbond substituents is 1. The molecular formula is C13H22N2O2. The van der Waals surface area contributed by atoms with Crippen LogP contribution in [0.2, 0.25) is 0 Å². The highest BCUT2D eigenvalue weighted by Crippen LogP contribution is 2.23. The molecular weight excluding hydrogens is 216 g/mol. The Morgan fingerprint density at radius 1 is 1.41 bits per heavy atom. The number of hydrogen-bond donors (Lipinski definition) is 2. The molecule has 1 aromatic rings. The van der Waals surface area contributed by atoms with E-state index in [1.54, 1.807) is 13.2 Å². The predicted octanol–water partition coefficient (Wildman–Crippen LogP) is 1.44. The molecule has 0 aromatic heterocycles. The zero-order valence-corrected chi connectivity index (χ0v) is 11.0. The van der Waals surface area contributed by atoms with Crippen LogP contribution >= 0.6 is 0 Å². The number of hydrogen-bond acceptors (Lipinski definition) is 4. The lowest BCUT2D eigenvalue weighted by Crippen LogP contribution is -2.35. The Morgan fingerprint density at radius 2 is 2.12 bits per heavy atom. The fourth-order valence-corrected chi connectivity index (χ4v) is 1.72. The van der Waals surface area contributed by atoms with Gasteiger partial charge in [-0.15, -0.1) is 0 Å². The minimum atomic E-state index is 0.272. The molecule has 1 rings (SSSR count). The third-order valence-corrected chi connectivity index (χ3v) is 2.57. The molecule has 0 aliphatic carbocycles. The van der Waals surface area contributed by atoms with Gasteiger partial charge in [0, 0.05) is 30.8 Å². The summed E-state index contributed by atoms with van der Waals surface area (Å²) in [4.78, 5) is 2.13. The summed E-state index contributed by atoms with van der Waals surface area (Å²) >= 11 is 0. The van der Waals surface area contributed by atoms with Crippen LogP contribution < -0.4 is 10.1 Å². The number of ether oxygens (including phenoxy) is 1. The first-order chi connectivity index (χ1) is 8.02. The second kappa shape index (κ2) is 6.47. The highest BCUT2D eigenvalue weighted by Gasteiger charge is 2.06. The number of aromatic hydroxyl groups is 1. The van der Waals surface area contributed by atoms with Crippen LogP contribution in [-0.2, 0) is 6.54 Å². The third-order valence-electron chi connectivity index (χ3n) is 2.57. The Bertz CT molecular complexity index is 353. The van der Waals surface area contributed by atoms with E-state index in [1.807, 2.05) is 26.2 Å². The molecule has 0 bridgehead atoms. The topological polar surface area (TPSA) is 44.7 Å². The van der Waals surface area contributed by atoms with E-state index in [0.29, 0.717) is 18.3 Å². The average molecular weight is 238 g/mol. The average Bonchev–Trinajstić information content (AvgIpc) is 2.26. The Hall–Kier alpha value is -1.26. The lowest BCUT2D eigenvalue weighted by molar-refractivity contribution is 0.347. The molecule has 1 atom stereocenters. The van der Waals surface area contributed by atoms with Crippen LogP contribution in [0.15, 0.2) is 18.2 Å². The van der Waals surface area contributed by atoms with Crippen molar-refractivity contribution in [1.82, 2.24) is 10.2 Å². The Morgan fingerprint density at radius 3 is 2.65 bits per heavy atom. The number of phenols is 1. The van der Waals surface area contributed by atoms with Gasteiger partial charge in [-0.25, -0.2) is 0 Å². The number of benzene rings is 1. The third kappa shape index (κ3) is 4.63. The van der Waals surface area contributed by atoms with Crippen molar-refractivity contribution < 1.29 is 9.84 Å². The van der Waals surface area contributed by atoms with Crippen LogP contribution in [0.3, 0.4) is 0 Å². The van der Waals surface area contributed by atoms with E-state index < -0.39 is 0 Å². The Balaban J connectivity index is 2.51. The van der Waals surface area contributed by atoms with Crippen LogP contribution in [0.1, 0.15) is 12.5 Å². The summed E-state index contributed by atoms with van der Waals surface area (Å²) < 4.78 is 5.04. The summed E-state index contributed by atoms with van der Waals surface area (Å²) in [5, 5.41) is 13.2. The van der Waals surface area contributed by atoms with E-state index in [2.05, 4.69) is 17.1 Å². The monoisotopic (exact) mass is 238 g/mol. The quantitative estimate of drug-likeness (QED) is 0.787. The van der Waals surface area contributed by atoms with E-state index in [1.165, 1.54) is 0 Å². The highest BCUT2D eigenvalue weighted by molar-refractivity contribution is 5.39. The summed E-state index contributed by atoms with van der Waals surface area (Å²) in [7, 11) is 5.68. The van der Waals surface area contributed by atoms with Crippen molar-refractivity contribution in [3.8, 4) is 11.5 Å². The van der Waals surface area contributed by atoms with Crippen molar-refractivity contribution in [2.45, 2.75) is 19.5 Å². The van der Waals surface area contributed by atoms with E-state index in [-0.39, 0.29) is 5.75 Å². The fourth-order valence-electron chi connectivity index (χ4n) is 1.72. The molecule has 2 N–H and O–H groups in total. The van der Waals surface area contributed by atoms with Crippen molar-refractivity contribution in [2.75, 3.05) is 27.7 Å². The van der Waals surface area contributed by atoms with Gasteiger partial charge < -0.3 is 20.1 Å². The molecule has 4 heteroatoms. The lowest BCUT2D eigenvalue weighted by atomic mass is 10.2. The van der Waals surface area contributed by atoms with Crippen molar-refractivity contribution in [2.24, 2.45) is 0 Å². The summed E-state index contributed by atoms with van der Waals surface area (Å²) in [5.41, 5.74) is 0.886. The summed E-state index contributed by atoms with van der Waals surface area (Å²) in [6.45, 7) is 3.75. The second-order valence-electron chi connectivity index (χ2n) is 4.54. The Labute approximate surface area is 103 Å². The minimum absolute atomic E-state index is 0.272. The normalized spacial score (nSPS) is 12.8. The van der Waals surface area contributed by atoms with Gasteiger partial charge in [-0.2, -0.15) is 0 Å². The molecule has 0 spiro atoms. The molecule has 0 aliphatic heterocycles. The van der Waals surface area contributed by atoms with Crippen LogP contribution in [0.25, 0.3) is 0 Å². The lowest BCUT2D eigenvalue weighted by Gasteiger charge is -2.18. The molecule has 1 aromatic carbocycles. The minimum Gasteiger partial charge on any atom is -0.507 e. The molecule has 0 amide bonds. The van der Waals surface area contributed by atoms with Crippen LogP contribution in [0, 0.1) is 0 Å². The highest BCUT2D eigenvalue weighted by atomic mass is 16.5. The molecule has 4 nitrogen and oxygen atoms in total. The predicted molar refractivity (Wildman–Crippen MR) is 69.5 cm³/mol. The number of likely N-dealkylation sites (N-methyl/N-ethyl adjacent to an activating group) is 1. The standard InChI is InChI=1S/C13H22N2O2/c1-10(9-15(2)3)14-8-11-5-6-12(17-4)7-13(11)16/h5-7,10,14,16H,8-9H2,1-4H3. The first kappa shape index (κ1) is 13.8. The van der Waals surface area contributed by atoms with Crippen molar-refractivity contribution in [3.63, 3.8) is 0 Å². The number of nitrogens with zero attached hydrogens (tertiary/aromatic N) is 1. The summed E-state index contributed by atoms with van der Waals surface area (Å²) in [6, 6.07) is 5.75. The van der Waals surface area contributed by atoms with Crippen molar-refractivity contribution >= 4 is 0 Å². The van der Waals surface area contributed by atoms with E-state index in [4.69, 9.17) is 4.74 Å². The number of rotatable bonds is 6. The summed E-state index contributed by atoms with van der Waals surface area (Å²) in [6.07, 6.45) is 0. The van der Waals surface area contributed by atoms with Crippen LogP contribution in [0.5, 0.6) is 11.5 Å². The molecule has 0 radical (unpaired) electrons. The van der Waals surface area contributed by atoms with Gasteiger partial charge >= 0.3 is 0 Å². The van der Waals surface area contributed by atoms with E-state index in [0.717, 1.165) is 12.1 Å². The Kier molecular flexibility index (Phi) is 5.25. The van der Waals surface area contributed by atoms with E-state index in [9.17, 15) is 5.11 Å². The molecule has 0 saturated carbocycles. The van der Waals surface area contributed by atoms with Gasteiger partial charge in [0.2, 0.25) is 0 Å². The molecule has 1 unspecified atom stereocenters. The number of nitrogens with one attached hydrogen (secondary N) is 1. The molecule has 0 aliphatic rings. The van der Waals surface area contributed by atoms with Crippen molar-refractivity contribution in [3.05, 3.63) is 23.8 Å². The number of methoxy groups -OCH3 is 1. The largest absolute Gasteiger partial charge is 0.507 e. The SMILES string of the molecule is COc1ccc(CNC(C)CN(C)C)c(O)c1. The summed E-state index contributed by atoms with van der Waals surface area (Å²) in [5.74, 6) is 0.946. The van der Waals surface area contributed by atoms with Crippen LogP contribution in [-0.4, -0.2) is 43.8 Å². The zero-order valence-electron chi connectivity index (χ0n) is 11.0. The first-order valence-corrected chi connectivity index (χ1v) is 5.77. The molecule has 0 heterocycles.